The summed E-state index contributed by atoms with van der Waals surface area (Å²) in [6, 6.07) is 5.95. The van der Waals surface area contributed by atoms with E-state index >= 15 is 4.39 Å². The van der Waals surface area contributed by atoms with Crippen LogP contribution in [0.15, 0.2) is 42.9 Å². The van der Waals surface area contributed by atoms with Crippen LogP contribution in [-0.4, -0.2) is 46.2 Å². The summed E-state index contributed by atoms with van der Waals surface area (Å²) in [4.78, 5) is 4.97. The third kappa shape index (κ3) is 3.65. The molecule has 5 rings (SSSR count). The van der Waals surface area contributed by atoms with Gasteiger partial charge in [-0.2, -0.15) is 5.10 Å². The standard InChI is InChI=1S/C21H18ClFN6O2S2/c1-28-9-12(8-26-28)11-3-4-13(15(23)7-11)18-19-14(5-6-25-18)17(22)20(32-19)16-10-33(30,31)29(2)21(24)27-16/h3-9,16H,10H2,1-2H3,(H2,24,27). The molecule has 12 heteroatoms. The van der Waals surface area contributed by atoms with Gasteiger partial charge in [0.25, 0.3) is 0 Å². The number of fused-ring (bicyclic) bond motifs is 1. The number of nitrogens with zero attached hydrogens (tertiary/aromatic N) is 4. The number of nitrogens with one attached hydrogen (secondary N) is 2. The quantitative estimate of drug-likeness (QED) is 0.439. The molecule has 170 valence electrons. The summed E-state index contributed by atoms with van der Waals surface area (Å²) in [6.07, 6.45) is 5.02. The summed E-state index contributed by atoms with van der Waals surface area (Å²) < 4.78 is 43.2. The molecule has 0 aliphatic carbocycles. The molecule has 1 aromatic carbocycles. The normalized spacial score (nSPS) is 18.0. The van der Waals surface area contributed by atoms with Crippen LogP contribution in [0.25, 0.3) is 32.5 Å². The minimum absolute atomic E-state index is 0.227. The van der Waals surface area contributed by atoms with Crippen molar-refractivity contribution in [2.75, 3.05) is 12.8 Å². The van der Waals surface area contributed by atoms with Crippen molar-refractivity contribution in [3.8, 4) is 22.4 Å². The predicted octanol–water partition coefficient (Wildman–Crippen LogP) is 4.00. The number of halogens is 2. The highest BCUT2D eigenvalue weighted by Crippen LogP contribution is 2.44. The van der Waals surface area contributed by atoms with Crippen molar-refractivity contribution in [1.29, 1.82) is 5.41 Å². The molecule has 2 N–H and O–H groups in total. The van der Waals surface area contributed by atoms with Gasteiger partial charge in [-0.3, -0.25) is 15.1 Å². The Morgan fingerprint density at radius 2 is 2.06 bits per heavy atom. The van der Waals surface area contributed by atoms with Crippen LogP contribution < -0.4 is 5.32 Å². The van der Waals surface area contributed by atoms with Gasteiger partial charge < -0.3 is 5.32 Å². The molecule has 33 heavy (non-hydrogen) atoms. The molecular weight excluding hydrogens is 487 g/mol. The van der Waals surface area contributed by atoms with Crippen LogP contribution in [0.3, 0.4) is 0 Å². The maximum atomic E-state index is 15.2. The third-order valence-electron chi connectivity index (χ3n) is 5.57. The fourth-order valence-corrected chi connectivity index (χ4v) is 6.82. The van der Waals surface area contributed by atoms with E-state index in [9.17, 15) is 8.42 Å². The Bertz CT molecular complexity index is 1530. The van der Waals surface area contributed by atoms with Gasteiger partial charge in [-0.1, -0.05) is 17.7 Å². The summed E-state index contributed by atoms with van der Waals surface area (Å²) in [5.41, 5.74) is 2.23. The second kappa shape index (κ2) is 7.79. The largest absolute Gasteiger partial charge is 0.347 e. The molecular formula is C21H18ClFN6O2S2. The van der Waals surface area contributed by atoms with Crippen molar-refractivity contribution in [2.24, 2.45) is 7.05 Å². The average molecular weight is 505 g/mol. The molecule has 1 aliphatic heterocycles. The second-order valence-electron chi connectivity index (χ2n) is 7.71. The number of aromatic nitrogens is 3. The summed E-state index contributed by atoms with van der Waals surface area (Å²) >= 11 is 7.89. The number of pyridine rings is 1. The minimum atomic E-state index is -3.65. The molecule has 1 atom stereocenters. The number of hydrogen-bond donors (Lipinski definition) is 2. The first-order chi connectivity index (χ1) is 15.7. The van der Waals surface area contributed by atoms with E-state index in [4.69, 9.17) is 17.0 Å². The Labute approximate surface area is 198 Å². The number of rotatable bonds is 3. The van der Waals surface area contributed by atoms with E-state index in [1.165, 1.54) is 24.5 Å². The van der Waals surface area contributed by atoms with Gasteiger partial charge in [0.05, 0.1) is 33.4 Å². The molecule has 4 aromatic rings. The van der Waals surface area contributed by atoms with E-state index in [2.05, 4.69) is 15.4 Å². The molecule has 0 saturated carbocycles. The van der Waals surface area contributed by atoms with E-state index in [-0.39, 0.29) is 11.7 Å². The van der Waals surface area contributed by atoms with Crippen LogP contribution in [0.1, 0.15) is 10.9 Å². The SMILES string of the molecule is CN1C(=N)NC(c2sc3c(-c4ccc(-c5cnn(C)c5)cc4F)nccc3c2Cl)CS1(=O)=O. The van der Waals surface area contributed by atoms with E-state index < -0.39 is 21.9 Å². The summed E-state index contributed by atoms with van der Waals surface area (Å²) in [7, 11) is -0.527. The molecule has 0 spiro atoms. The summed E-state index contributed by atoms with van der Waals surface area (Å²) in [5.74, 6) is -0.908. The Kier molecular flexibility index (Phi) is 5.15. The molecule has 0 radical (unpaired) electrons. The lowest BCUT2D eigenvalue weighted by Crippen LogP contribution is -2.51. The zero-order valence-electron chi connectivity index (χ0n) is 17.5. The molecule has 0 bridgehead atoms. The van der Waals surface area contributed by atoms with Gasteiger partial charge in [0.1, 0.15) is 5.82 Å². The lowest BCUT2D eigenvalue weighted by Gasteiger charge is -2.31. The van der Waals surface area contributed by atoms with Crippen LogP contribution in [0.5, 0.6) is 0 Å². The van der Waals surface area contributed by atoms with Gasteiger partial charge in [0.2, 0.25) is 16.0 Å². The first-order valence-corrected chi connectivity index (χ1v) is 12.6. The first-order valence-electron chi connectivity index (χ1n) is 9.83. The van der Waals surface area contributed by atoms with Crippen LogP contribution in [0.4, 0.5) is 4.39 Å². The molecule has 1 fully saturated rings. The zero-order valence-corrected chi connectivity index (χ0v) is 19.9. The molecule has 1 saturated heterocycles. The van der Waals surface area contributed by atoms with Gasteiger partial charge in [-0.15, -0.1) is 11.3 Å². The Morgan fingerprint density at radius 3 is 2.73 bits per heavy atom. The van der Waals surface area contributed by atoms with Crippen molar-refractivity contribution in [3.63, 3.8) is 0 Å². The minimum Gasteiger partial charge on any atom is -0.347 e. The Balaban J connectivity index is 1.59. The van der Waals surface area contributed by atoms with Gasteiger partial charge in [-0.25, -0.2) is 17.1 Å². The summed E-state index contributed by atoms with van der Waals surface area (Å²) in [5, 5.41) is 16.0. The second-order valence-corrected chi connectivity index (χ2v) is 11.2. The van der Waals surface area contributed by atoms with E-state index in [0.717, 1.165) is 9.87 Å². The summed E-state index contributed by atoms with van der Waals surface area (Å²) in [6.45, 7) is 0. The van der Waals surface area contributed by atoms with Crippen molar-refractivity contribution < 1.29 is 12.8 Å². The van der Waals surface area contributed by atoms with Gasteiger partial charge in [0.15, 0.2) is 0 Å². The average Bonchev–Trinajstić information content (AvgIpc) is 3.35. The highest BCUT2D eigenvalue weighted by Gasteiger charge is 2.35. The van der Waals surface area contributed by atoms with Crippen molar-refractivity contribution in [3.05, 3.63) is 58.6 Å². The molecule has 1 unspecified atom stereocenters. The van der Waals surface area contributed by atoms with E-state index in [1.54, 1.807) is 48.5 Å². The van der Waals surface area contributed by atoms with Crippen molar-refractivity contribution >= 4 is 49.0 Å². The highest BCUT2D eigenvalue weighted by molar-refractivity contribution is 7.89. The third-order valence-corrected chi connectivity index (χ3v) is 9.19. The van der Waals surface area contributed by atoms with Gasteiger partial charge in [-0.05, 0) is 23.8 Å². The van der Waals surface area contributed by atoms with Crippen molar-refractivity contribution in [1.82, 2.24) is 24.4 Å². The maximum Gasteiger partial charge on any atom is 0.239 e. The maximum absolute atomic E-state index is 15.2. The molecule has 3 aromatic heterocycles. The first kappa shape index (κ1) is 21.8. The fraction of sp³-hybridized carbons (Fsp3) is 0.190. The topological polar surface area (TPSA) is 104 Å². The number of hydrogen-bond acceptors (Lipinski definition) is 6. The number of guanidine groups is 1. The van der Waals surface area contributed by atoms with Crippen LogP contribution >= 0.6 is 22.9 Å². The fourth-order valence-electron chi connectivity index (χ4n) is 3.79. The number of sulfonamides is 1. The van der Waals surface area contributed by atoms with E-state index in [0.29, 0.717) is 36.8 Å². The number of thiophene rings is 1. The zero-order chi connectivity index (χ0) is 23.5. The van der Waals surface area contributed by atoms with Crippen LogP contribution in [-0.2, 0) is 17.1 Å². The van der Waals surface area contributed by atoms with Crippen molar-refractivity contribution in [2.45, 2.75) is 6.04 Å². The lowest BCUT2D eigenvalue weighted by molar-refractivity contribution is 0.508. The number of benzene rings is 1. The van der Waals surface area contributed by atoms with E-state index in [1.807, 2.05) is 0 Å². The van der Waals surface area contributed by atoms with Crippen LogP contribution in [0, 0.1) is 11.2 Å². The molecule has 4 heterocycles. The monoisotopic (exact) mass is 504 g/mol. The molecule has 1 aliphatic rings. The highest BCUT2D eigenvalue weighted by atomic mass is 35.5. The Hall–Kier alpha value is -3.02. The van der Waals surface area contributed by atoms with Crippen LogP contribution in [0.2, 0.25) is 5.02 Å². The van der Waals surface area contributed by atoms with Gasteiger partial charge in [0, 0.05) is 47.9 Å². The molecule has 0 amide bonds. The molecule has 8 nitrogen and oxygen atoms in total. The smallest absolute Gasteiger partial charge is 0.239 e. The predicted molar refractivity (Wildman–Crippen MR) is 127 cm³/mol. The van der Waals surface area contributed by atoms with Gasteiger partial charge >= 0.3 is 0 Å². The Morgan fingerprint density at radius 1 is 1.27 bits per heavy atom. The lowest BCUT2D eigenvalue weighted by atomic mass is 10.0. The number of aryl methyl sites for hydroxylation is 1.